The predicted octanol–water partition coefficient (Wildman–Crippen LogP) is 2.64. The van der Waals surface area contributed by atoms with Crippen LogP contribution in [0.4, 0.5) is 0 Å². The monoisotopic (exact) mass is 270 g/mol. The molecule has 0 spiro atoms. The molecule has 1 aromatic heterocycles. The second-order valence-electron chi connectivity index (χ2n) is 5.09. The number of aliphatic carboxylic acids is 1. The summed E-state index contributed by atoms with van der Waals surface area (Å²) < 4.78 is 0. The van der Waals surface area contributed by atoms with Gasteiger partial charge in [-0.25, -0.2) is 4.98 Å². The molecule has 0 fully saturated rings. The van der Waals surface area contributed by atoms with Crippen molar-refractivity contribution in [2.45, 2.75) is 46.2 Å². The minimum Gasteiger partial charge on any atom is -0.480 e. The molecule has 4 nitrogen and oxygen atoms in total. The van der Waals surface area contributed by atoms with Gasteiger partial charge in [0.05, 0.1) is 10.7 Å². The van der Waals surface area contributed by atoms with Crippen LogP contribution in [-0.4, -0.2) is 34.0 Å². The predicted molar refractivity (Wildman–Crippen MR) is 73.8 cm³/mol. The summed E-state index contributed by atoms with van der Waals surface area (Å²) >= 11 is 1.67. The Morgan fingerprint density at radius 2 is 2.17 bits per heavy atom. The van der Waals surface area contributed by atoms with E-state index in [-0.39, 0.29) is 0 Å². The van der Waals surface area contributed by atoms with Gasteiger partial charge in [-0.1, -0.05) is 13.8 Å². The zero-order chi connectivity index (χ0) is 13.7. The third-order valence-electron chi connectivity index (χ3n) is 2.96. The smallest absolute Gasteiger partial charge is 0.320 e. The second-order valence-corrected chi connectivity index (χ2v) is 6.04. The van der Waals surface area contributed by atoms with Gasteiger partial charge >= 0.3 is 5.97 Å². The molecular weight excluding hydrogens is 248 g/mol. The summed E-state index contributed by atoms with van der Waals surface area (Å²) in [4.78, 5) is 17.2. The first-order chi connectivity index (χ1) is 8.40. The van der Waals surface area contributed by atoms with E-state index in [2.05, 4.69) is 18.8 Å². The molecule has 0 aromatic carbocycles. The normalized spacial score (nSPS) is 13.2. The van der Waals surface area contributed by atoms with Gasteiger partial charge in [-0.05, 0) is 32.7 Å². The highest BCUT2D eigenvalue weighted by Gasteiger charge is 2.17. The Morgan fingerprint density at radius 1 is 1.50 bits per heavy atom. The topological polar surface area (TPSA) is 53.4 Å². The van der Waals surface area contributed by atoms with Gasteiger partial charge < -0.3 is 5.11 Å². The largest absolute Gasteiger partial charge is 0.480 e. The summed E-state index contributed by atoms with van der Waals surface area (Å²) in [5.41, 5.74) is 0.967. The molecular formula is C13H22N2O2S. The van der Waals surface area contributed by atoms with Gasteiger partial charge in [0.15, 0.2) is 0 Å². The number of aromatic nitrogens is 1. The molecule has 102 valence electrons. The van der Waals surface area contributed by atoms with Crippen LogP contribution in [0.25, 0.3) is 0 Å². The quantitative estimate of drug-likeness (QED) is 0.827. The van der Waals surface area contributed by atoms with E-state index in [1.54, 1.807) is 23.2 Å². The van der Waals surface area contributed by atoms with E-state index in [9.17, 15) is 4.79 Å². The highest BCUT2D eigenvalue weighted by Crippen LogP contribution is 2.16. The highest BCUT2D eigenvalue weighted by molar-refractivity contribution is 7.09. The van der Waals surface area contributed by atoms with Gasteiger partial charge in [0, 0.05) is 11.9 Å². The van der Waals surface area contributed by atoms with Gasteiger partial charge in [-0.3, -0.25) is 9.69 Å². The minimum absolute atomic E-state index is 0.481. The third-order valence-corrected chi connectivity index (χ3v) is 3.92. The highest BCUT2D eigenvalue weighted by atomic mass is 32.1. The fraction of sp³-hybridized carbons (Fsp3) is 0.692. The van der Waals surface area contributed by atoms with E-state index in [4.69, 9.17) is 5.11 Å². The number of hydrogen-bond donors (Lipinski definition) is 1. The fourth-order valence-corrected chi connectivity index (χ4v) is 2.33. The number of likely N-dealkylation sites (N-methyl/N-ethyl adjacent to an activating group) is 1. The average molecular weight is 270 g/mol. The van der Waals surface area contributed by atoms with Gasteiger partial charge in [-0.2, -0.15) is 0 Å². The van der Waals surface area contributed by atoms with Crippen LogP contribution in [-0.2, 0) is 17.8 Å². The van der Waals surface area contributed by atoms with Crippen LogP contribution in [0.1, 0.15) is 37.9 Å². The molecule has 0 saturated carbocycles. The number of carbonyl (C=O) groups is 1. The van der Waals surface area contributed by atoms with E-state index in [0.717, 1.165) is 23.5 Å². The molecule has 0 aliphatic carbocycles. The van der Waals surface area contributed by atoms with Crippen LogP contribution in [0.2, 0.25) is 0 Å². The Morgan fingerprint density at radius 3 is 2.72 bits per heavy atom. The van der Waals surface area contributed by atoms with Crippen LogP contribution in [0.15, 0.2) is 5.38 Å². The molecule has 0 radical (unpaired) electrons. The molecule has 1 rings (SSSR count). The maximum atomic E-state index is 10.9. The van der Waals surface area contributed by atoms with Crippen molar-refractivity contribution in [3.05, 3.63) is 16.1 Å². The number of rotatable bonds is 7. The summed E-state index contributed by atoms with van der Waals surface area (Å²) in [6.45, 7) is 6.69. The first-order valence-corrected chi connectivity index (χ1v) is 7.14. The van der Waals surface area contributed by atoms with Crippen LogP contribution in [0.3, 0.4) is 0 Å². The zero-order valence-corrected chi connectivity index (χ0v) is 12.3. The third kappa shape index (κ3) is 4.74. The molecule has 1 unspecified atom stereocenters. The molecule has 1 aromatic rings. The van der Waals surface area contributed by atoms with Gasteiger partial charge in [0.25, 0.3) is 0 Å². The van der Waals surface area contributed by atoms with E-state index < -0.39 is 12.0 Å². The Balaban J connectivity index is 2.50. The van der Waals surface area contributed by atoms with Crippen molar-refractivity contribution in [1.29, 1.82) is 0 Å². The van der Waals surface area contributed by atoms with E-state index >= 15 is 0 Å². The zero-order valence-electron chi connectivity index (χ0n) is 11.5. The summed E-state index contributed by atoms with van der Waals surface area (Å²) in [7, 11) is 1.81. The Bertz CT molecular complexity index is 390. The second kappa shape index (κ2) is 6.85. The van der Waals surface area contributed by atoms with Crippen molar-refractivity contribution in [2.24, 2.45) is 5.92 Å². The molecule has 1 atom stereocenters. The van der Waals surface area contributed by atoms with E-state index in [1.165, 1.54) is 0 Å². The first kappa shape index (κ1) is 15.1. The molecule has 5 heteroatoms. The van der Waals surface area contributed by atoms with Crippen molar-refractivity contribution >= 4 is 17.3 Å². The molecule has 0 aliphatic rings. The van der Waals surface area contributed by atoms with Gasteiger partial charge in [0.2, 0.25) is 0 Å². The SMILES string of the molecule is CC(C)CCc1nc(CN(C)C(C)C(=O)O)cs1. The van der Waals surface area contributed by atoms with Crippen molar-refractivity contribution in [3.8, 4) is 0 Å². The van der Waals surface area contributed by atoms with Crippen LogP contribution >= 0.6 is 11.3 Å². The molecule has 0 saturated heterocycles. The minimum atomic E-state index is -0.798. The lowest BCUT2D eigenvalue weighted by molar-refractivity contribution is -0.142. The number of aryl methyl sites for hydroxylation is 1. The fourth-order valence-electron chi connectivity index (χ4n) is 1.53. The van der Waals surface area contributed by atoms with Crippen LogP contribution < -0.4 is 0 Å². The van der Waals surface area contributed by atoms with Crippen molar-refractivity contribution in [3.63, 3.8) is 0 Å². The number of hydrogen-bond acceptors (Lipinski definition) is 4. The van der Waals surface area contributed by atoms with E-state index in [1.807, 2.05) is 12.4 Å². The molecule has 0 amide bonds. The van der Waals surface area contributed by atoms with Crippen molar-refractivity contribution in [1.82, 2.24) is 9.88 Å². The standard InChI is InChI=1S/C13H22N2O2S/c1-9(2)5-6-12-14-11(8-18-12)7-15(4)10(3)13(16)17/h8-10H,5-7H2,1-4H3,(H,16,17). The number of thiazole rings is 1. The number of nitrogens with zero attached hydrogens (tertiary/aromatic N) is 2. The summed E-state index contributed by atoms with van der Waals surface area (Å²) in [5.74, 6) is -0.111. The maximum absolute atomic E-state index is 10.9. The molecule has 18 heavy (non-hydrogen) atoms. The Hall–Kier alpha value is -0.940. The Kier molecular flexibility index (Phi) is 5.75. The summed E-state index contributed by atoms with van der Waals surface area (Å²) in [6, 6.07) is -0.481. The van der Waals surface area contributed by atoms with Crippen molar-refractivity contribution < 1.29 is 9.90 Å². The lowest BCUT2D eigenvalue weighted by Crippen LogP contribution is -2.35. The molecule has 1 heterocycles. The summed E-state index contributed by atoms with van der Waals surface area (Å²) in [6.07, 6.45) is 2.16. The maximum Gasteiger partial charge on any atom is 0.320 e. The van der Waals surface area contributed by atoms with Crippen LogP contribution in [0.5, 0.6) is 0 Å². The van der Waals surface area contributed by atoms with E-state index in [0.29, 0.717) is 12.5 Å². The van der Waals surface area contributed by atoms with Gasteiger partial charge in [0.1, 0.15) is 6.04 Å². The van der Waals surface area contributed by atoms with Crippen LogP contribution in [0, 0.1) is 5.92 Å². The lowest BCUT2D eigenvalue weighted by atomic mass is 10.1. The average Bonchev–Trinajstić information content (AvgIpc) is 2.72. The first-order valence-electron chi connectivity index (χ1n) is 6.26. The molecule has 0 bridgehead atoms. The number of carboxylic acids is 1. The summed E-state index contributed by atoms with van der Waals surface area (Å²) in [5, 5.41) is 12.1. The van der Waals surface area contributed by atoms with Crippen molar-refractivity contribution in [2.75, 3.05) is 7.05 Å². The lowest BCUT2D eigenvalue weighted by Gasteiger charge is -2.19. The molecule has 0 aliphatic heterocycles. The molecule has 1 N–H and O–H groups in total. The number of carboxylic acid groups (broad SMARTS) is 1. The van der Waals surface area contributed by atoms with Gasteiger partial charge in [-0.15, -0.1) is 11.3 Å². The Labute approximate surface area is 113 Å².